The zero-order valence-electron chi connectivity index (χ0n) is 15.9. The summed E-state index contributed by atoms with van der Waals surface area (Å²) in [4.78, 5) is 18.6. The van der Waals surface area contributed by atoms with Crippen LogP contribution < -0.4 is 10.2 Å². The molecule has 0 saturated carbocycles. The lowest BCUT2D eigenvalue weighted by molar-refractivity contribution is 0.0940. The standard InChI is InChI=1S/C21H18ClN7O/c22-17-7-6-15(12-23-17)21(30)24-16-10-11-28(13-16)19-9-8-18-25-26-20(29(18)27-19)14-4-2-1-3-5-14/h1-9,12,16H,10-11,13H2,(H,24,30). The van der Waals surface area contributed by atoms with Gasteiger partial charge in [0, 0.05) is 30.9 Å². The van der Waals surface area contributed by atoms with Crippen LogP contribution in [0.5, 0.6) is 0 Å². The summed E-state index contributed by atoms with van der Waals surface area (Å²) in [6.45, 7) is 1.47. The molecule has 5 rings (SSSR count). The highest BCUT2D eigenvalue weighted by Gasteiger charge is 2.26. The minimum atomic E-state index is -0.153. The summed E-state index contributed by atoms with van der Waals surface area (Å²) in [6, 6.07) is 17.0. The first-order valence-corrected chi connectivity index (χ1v) is 10.0. The molecule has 0 spiro atoms. The van der Waals surface area contributed by atoms with Crippen LogP contribution in [0.25, 0.3) is 17.0 Å². The molecular weight excluding hydrogens is 402 g/mol. The van der Waals surface area contributed by atoms with Crippen LogP contribution in [0.15, 0.2) is 60.8 Å². The van der Waals surface area contributed by atoms with Crippen LogP contribution in [0.2, 0.25) is 5.15 Å². The van der Waals surface area contributed by atoms with Crippen LogP contribution >= 0.6 is 11.6 Å². The number of rotatable bonds is 4. The largest absolute Gasteiger partial charge is 0.353 e. The monoisotopic (exact) mass is 419 g/mol. The summed E-state index contributed by atoms with van der Waals surface area (Å²) >= 11 is 5.79. The molecule has 9 heteroatoms. The number of nitrogens with one attached hydrogen (secondary N) is 1. The zero-order valence-corrected chi connectivity index (χ0v) is 16.7. The molecule has 4 heterocycles. The van der Waals surface area contributed by atoms with Crippen LogP contribution in [-0.4, -0.2) is 49.8 Å². The van der Waals surface area contributed by atoms with Crippen LogP contribution in [0.3, 0.4) is 0 Å². The number of benzene rings is 1. The van der Waals surface area contributed by atoms with Crippen molar-refractivity contribution in [3.05, 3.63) is 71.5 Å². The first-order chi connectivity index (χ1) is 14.7. The quantitative estimate of drug-likeness (QED) is 0.512. The highest BCUT2D eigenvalue weighted by molar-refractivity contribution is 6.29. The number of fused-ring (bicyclic) bond motifs is 1. The van der Waals surface area contributed by atoms with Gasteiger partial charge >= 0.3 is 0 Å². The van der Waals surface area contributed by atoms with E-state index in [1.54, 1.807) is 16.6 Å². The summed E-state index contributed by atoms with van der Waals surface area (Å²) in [5.74, 6) is 1.37. The Kier molecular flexibility index (Phi) is 4.76. The average molecular weight is 420 g/mol. The third-order valence-corrected chi connectivity index (χ3v) is 5.34. The second kappa shape index (κ2) is 7.72. The van der Waals surface area contributed by atoms with Crippen molar-refractivity contribution in [3.63, 3.8) is 0 Å². The number of carbonyl (C=O) groups excluding carboxylic acids is 1. The van der Waals surface area contributed by atoms with Gasteiger partial charge in [0.15, 0.2) is 11.5 Å². The second-order valence-corrected chi connectivity index (χ2v) is 7.51. The highest BCUT2D eigenvalue weighted by atomic mass is 35.5. The van der Waals surface area contributed by atoms with Gasteiger partial charge in [-0.25, -0.2) is 4.98 Å². The predicted octanol–water partition coefficient (Wildman–Crippen LogP) is 2.85. The van der Waals surface area contributed by atoms with E-state index in [2.05, 4.69) is 25.4 Å². The molecule has 1 aromatic carbocycles. The topological polar surface area (TPSA) is 88.3 Å². The number of aromatic nitrogens is 5. The average Bonchev–Trinajstić information content (AvgIpc) is 3.41. The Bertz CT molecular complexity index is 1190. The summed E-state index contributed by atoms with van der Waals surface area (Å²) < 4.78 is 1.76. The van der Waals surface area contributed by atoms with Crippen molar-refractivity contribution in [2.75, 3.05) is 18.0 Å². The Labute approximate surface area is 177 Å². The fraction of sp³-hybridized carbons (Fsp3) is 0.190. The molecule has 0 radical (unpaired) electrons. The van der Waals surface area contributed by atoms with E-state index in [-0.39, 0.29) is 11.9 Å². The van der Waals surface area contributed by atoms with E-state index in [9.17, 15) is 4.79 Å². The number of nitrogens with zero attached hydrogens (tertiary/aromatic N) is 6. The SMILES string of the molecule is O=C(NC1CCN(c2ccc3nnc(-c4ccccc4)n3n2)C1)c1ccc(Cl)nc1. The van der Waals surface area contributed by atoms with Gasteiger partial charge in [0.1, 0.15) is 11.0 Å². The summed E-state index contributed by atoms with van der Waals surface area (Å²) in [5.41, 5.74) is 2.14. The minimum absolute atomic E-state index is 0.0279. The molecular formula is C21H18ClN7O. The Hall–Kier alpha value is -3.52. The molecule has 1 N–H and O–H groups in total. The van der Waals surface area contributed by atoms with Gasteiger partial charge in [-0.05, 0) is 30.7 Å². The lowest BCUT2D eigenvalue weighted by atomic mass is 10.2. The Balaban J connectivity index is 1.33. The first kappa shape index (κ1) is 18.5. The van der Waals surface area contributed by atoms with Crippen molar-refractivity contribution >= 4 is 29.0 Å². The molecule has 30 heavy (non-hydrogen) atoms. The van der Waals surface area contributed by atoms with Gasteiger partial charge < -0.3 is 10.2 Å². The Morgan fingerprint density at radius 3 is 2.73 bits per heavy atom. The molecule has 1 unspecified atom stereocenters. The van der Waals surface area contributed by atoms with E-state index in [1.807, 2.05) is 42.5 Å². The third-order valence-electron chi connectivity index (χ3n) is 5.12. The fourth-order valence-corrected chi connectivity index (χ4v) is 3.69. The van der Waals surface area contributed by atoms with Gasteiger partial charge in [-0.2, -0.15) is 4.52 Å². The molecule has 1 fully saturated rings. The van der Waals surface area contributed by atoms with Crippen molar-refractivity contribution in [2.45, 2.75) is 12.5 Å². The molecule has 8 nitrogen and oxygen atoms in total. The summed E-state index contributed by atoms with van der Waals surface area (Å²) in [5, 5.41) is 16.7. The van der Waals surface area contributed by atoms with Crippen molar-refractivity contribution < 1.29 is 4.79 Å². The number of hydrogen-bond donors (Lipinski definition) is 1. The lowest BCUT2D eigenvalue weighted by Crippen LogP contribution is -2.37. The van der Waals surface area contributed by atoms with Crippen LogP contribution in [0.4, 0.5) is 5.82 Å². The number of amides is 1. The molecule has 1 amide bonds. The molecule has 1 aliphatic heterocycles. The zero-order chi connectivity index (χ0) is 20.5. The number of hydrogen-bond acceptors (Lipinski definition) is 6. The minimum Gasteiger partial charge on any atom is -0.353 e. The Morgan fingerprint density at radius 1 is 1.07 bits per heavy atom. The first-order valence-electron chi connectivity index (χ1n) is 9.62. The number of anilines is 1. The van der Waals surface area contributed by atoms with E-state index in [0.29, 0.717) is 28.7 Å². The fourth-order valence-electron chi connectivity index (χ4n) is 3.58. The van der Waals surface area contributed by atoms with Gasteiger partial charge in [0.25, 0.3) is 5.91 Å². The van der Waals surface area contributed by atoms with Gasteiger partial charge in [-0.3, -0.25) is 4.79 Å². The predicted molar refractivity (Wildman–Crippen MR) is 114 cm³/mol. The smallest absolute Gasteiger partial charge is 0.253 e. The van der Waals surface area contributed by atoms with Crippen LogP contribution in [0.1, 0.15) is 16.8 Å². The van der Waals surface area contributed by atoms with Gasteiger partial charge in [-0.1, -0.05) is 41.9 Å². The highest BCUT2D eigenvalue weighted by Crippen LogP contribution is 2.22. The molecule has 3 aromatic heterocycles. The van der Waals surface area contributed by atoms with Crippen molar-refractivity contribution in [1.82, 2.24) is 30.1 Å². The van der Waals surface area contributed by atoms with E-state index in [4.69, 9.17) is 16.7 Å². The maximum absolute atomic E-state index is 12.4. The van der Waals surface area contributed by atoms with Crippen molar-refractivity contribution in [2.24, 2.45) is 0 Å². The molecule has 4 aromatic rings. The normalized spacial score (nSPS) is 16.2. The van der Waals surface area contributed by atoms with Crippen LogP contribution in [0, 0.1) is 0 Å². The van der Waals surface area contributed by atoms with Crippen molar-refractivity contribution in [1.29, 1.82) is 0 Å². The van der Waals surface area contributed by atoms with Crippen LogP contribution in [-0.2, 0) is 0 Å². The Morgan fingerprint density at radius 2 is 1.93 bits per heavy atom. The molecule has 0 bridgehead atoms. The van der Waals surface area contributed by atoms with E-state index in [0.717, 1.165) is 24.3 Å². The molecule has 150 valence electrons. The molecule has 1 atom stereocenters. The van der Waals surface area contributed by atoms with E-state index in [1.165, 1.54) is 6.20 Å². The summed E-state index contributed by atoms with van der Waals surface area (Å²) in [6.07, 6.45) is 2.32. The molecule has 0 aliphatic carbocycles. The second-order valence-electron chi connectivity index (χ2n) is 7.13. The maximum Gasteiger partial charge on any atom is 0.253 e. The molecule has 1 aliphatic rings. The van der Waals surface area contributed by atoms with Gasteiger partial charge in [0.05, 0.1) is 5.56 Å². The number of pyridine rings is 1. The third kappa shape index (κ3) is 3.57. The van der Waals surface area contributed by atoms with E-state index >= 15 is 0 Å². The maximum atomic E-state index is 12.4. The molecule has 1 saturated heterocycles. The van der Waals surface area contributed by atoms with E-state index < -0.39 is 0 Å². The lowest BCUT2D eigenvalue weighted by Gasteiger charge is -2.18. The number of carbonyl (C=O) groups is 1. The summed E-state index contributed by atoms with van der Waals surface area (Å²) in [7, 11) is 0. The van der Waals surface area contributed by atoms with Gasteiger partial charge in [0.2, 0.25) is 0 Å². The van der Waals surface area contributed by atoms with Gasteiger partial charge in [-0.15, -0.1) is 15.3 Å². The van der Waals surface area contributed by atoms with Crippen molar-refractivity contribution in [3.8, 4) is 11.4 Å². The number of halogens is 1.